The molecule has 1 N–H and O–H groups in total. The smallest absolute Gasteiger partial charge is 0.305 e. The van der Waals surface area contributed by atoms with E-state index in [4.69, 9.17) is 16.3 Å². The van der Waals surface area contributed by atoms with Crippen molar-refractivity contribution in [1.29, 1.82) is 0 Å². The summed E-state index contributed by atoms with van der Waals surface area (Å²) in [6, 6.07) is 23.2. The van der Waals surface area contributed by atoms with Crippen LogP contribution in [-0.2, 0) is 16.2 Å². The van der Waals surface area contributed by atoms with Gasteiger partial charge in [0.05, 0.1) is 22.5 Å². The Labute approximate surface area is 256 Å². The zero-order chi connectivity index (χ0) is 28.7. The molecule has 212 valence electrons. The van der Waals surface area contributed by atoms with Crippen LogP contribution in [0.1, 0.15) is 33.9 Å². The van der Waals surface area contributed by atoms with E-state index in [-0.39, 0.29) is 57.4 Å². The van der Waals surface area contributed by atoms with Gasteiger partial charge >= 0.3 is 4.87 Å². The number of anilines is 1. The quantitative estimate of drug-likeness (QED) is 0.255. The minimum atomic E-state index is -0.361. The molecule has 0 unspecified atom stereocenters. The van der Waals surface area contributed by atoms with Crippen molar-refractivity contribution in [2.75, 3.05) is 4.90 Å². The predicted molar refractivity (Wildman–Crippen MR) is 164 cm³/mol. The van der Waals surface area contributed by atoms with Crippen LogP contribution in [-0.4, -0.2) is 22.0 Å². The molecular formula is C33H27ClN2O4S2. The minimum absolute atomic E-state index is 0.0154. The Morgan fingerprint density at radius 2 is 1.74 bits per heavy atom. The molecule has 3 heterocycles. The van der Waals surface area contributed by atoms with Gasteiger partial charge in [0.15, 0.2) is 0 Å². The molecule has 4 aliphatic rings. The number of carbonyl (C=O) groups is 2. The first-order chi connectivity index (χ1) is 20.4. The van der Waals surface area contributed by atoms with Crippen LogP contribution in [0.2, 0.25) is 5.02 Å². The van der Waals surface area contributed by atoms with Crippen LogP contribution in [0.4, 0.5) is 5.69 Å². The largest absolute Gasteiger partial charge is 0.489 e. The lowest BCUT2D eigenvalue weighted by atomic mass is 9.68. The molecule has 2 amide bonds. The van der Waals surface area contributed by atoms with Crippen LogP contribution in [0.25, 0.3) is 0 Å². The SMILES string of the molecule is Cc1cccc(COc2ccc(Cl)cc2[C@@H]2c3sc(=O)[nH]c3S[C@@H]3[C@@H]4C[C@@H]([C@@H]5C(=O)N(c6ccccc6)C(=O)[C@@H]45)[C@@H]23)c1. The molecule has 2 saturated carbocycles. The molecule has 8 rings (SSSR count). The van der Waals surface area contributed by atoms with E-state index in [2.05, 4.69) is 24.0 Å². The number of ether oxygens (including phenoxy) is 1. The molecule has 4 aromatic rings. The first-order valence-corrected chi connectivity index (χ1v) is 16.3. The number of nitrogens with zero attached hydrogens (tertiary/aromatic N) is 1. The summed E-state index contributed by atoms with van der Waals surface area (Å²) in [5.41, 5.74) is 3.80. The highest BCUT2D eigenvalue weighted by Crippen LogP contribution is 2.69. The summed E-state index contributed by atoms with van der Waals surface area (Å²) < 4.78 is 6.46. The minimum Gasteiger partial charge on any atom is -0.489 e. The second kappa shape index (κ2) is 9.86. The van der Waals surface area contributed by atoms with E-state index in [1.54, 1.807) is 11.8 Å². The second-order valence-corrected chi connectivity index (χ2v) is 14.4. The van der Waals surface area contributed by atoms with E-state index in [1.165, 1.54) is 16.2 Å². The zero-order valence-corrected chi connectivity index (χ0v) is 25.0. The van der Waals surface area contributed by atoms with Crippen molar-refractivity contribution in [2.24, 2.45) is 29.6 Å². The van der Waals surface area contributed by atoms with E-state index < -0.39 is 0 Å². The van der Waals surface area contributed by atoms with Crippen molar-refractivity contribution in [3.63, 3.8) is 0 Å². The number of halogens is 1. The number of hydrogen-bond donors (Lipinski definition) is 1. The number of imide groups is 1. The van der Waals surface area contributed by atoms with Crippen molar-refractivity contribution in [3.8, 4) is 5.75 Å². The summed E-state index contributed by atoms with van der Waals surface area (Å²) in [7, 11) is 0. The number of para-hydroxylation sites is 1. The van der Waals surface area contributed by atoms with Crippen LogP contribution in [0.15, 0.2) is 82.6 Å². The number of amides is 2. The molecule has 0 spiro atoms. The van der Waals surface area contributed by atoms with Gasteiger partial charge in [0.25, 0.3) is 0 Å². The van der Waals surface area contributed by atoms with Gasteiger partial charge in [0, 0.05) is 26.6 Å². The van der Waals surface area contributed by atoms with E-state index in [9.17, 15) is 14.4 Å². The Hall–Kier alpha value is -3.33. The Kier molecular flexibility index (Phi) is 6.18. The van der Waals surface area contributed by atoms with E-state index in [1.807, 2.05) is 60.7 Å². The summed E-state index contributed by atoms with van der Waals surface area (Å²) in [6.45, 7) is 2.46. The molecule has 1 aromatic heterocycles. The molecule has 2 bridgehead atoms. The maximum absolute atomic E-state index is 14.0. The number of aromatic amines is 1. The number of aromatic nitrogens is 1. The van der Waals surface area contributed by atoms with Crippen molar-refractivity contribution < 1.29 is 14.3 Å². The summed E-state index contributed by atoms with van der Waals surface area (Å²) in [4.78, 5) is 45.8. The van der Waals surface area contributed by atoms with Crippen molar-refractivity contribution in [2.45, 2.75) is 36.1 Å². The van der Waals surface area contributed by atoms with E-state index >= 15 is 0 Å². The molecule has 0 radical (unpaired) electrons. The highest BCUT2D eigenvalue weighted by atomic mass is 35.5. The zero-order valence-electron chi connectivity index (χ0n) is 22.7. The number of hydrogen-bond acceptors (Lipinski definition) is 6. The highest BCUT2D eigenvalue weighted by molar-refractivity contribution is 8.00. The van der Waals surface area contributed by atoms with Gasteiger partial charge in [-0.2, -0.15) is 0 Å². The van der Waals surface area contributed by atoms with Crippen LogP contribution >= 0.6 is 34.7 Å². The fourth-order valence-electron chi connectivity index (χ4n) is 8.05. The number of aryl methyl sites for hydroxylation is 1. The number of rotatable bonds is 5. The van der Waals surface area contributed by atoms with Gasteiger partial charge in [-0.3, -0.25) is 19.3 Å². The maximum Gasteiger partial charge on any atom is 0.305 e. The standard InChI is InChI=1S/C33H27ClN2O4S2/c1-16-6-5-7-17(12-16)15-40-23-11-10-18(34)13-20(23)24-25-21-14-22(28(25)41-30-29(24)42-33(39)35-30)27-26(21)31(37)36(32(27)38)19-8-3-2-4-9-19/h2-13,21-22,24-28H,14-15H2,1H3,(H,35,39)/t21-,22-,24+,25+,26+,27+,28-/m1/s1. The molecule has 42 heavy (non-hydrogen) atoms. The van der Waals surface area contributed by atoms with Crippen LogP contribution in [0, 0.1) is 36.5 Å². The average molecular weight is 615 g/mol. The monoisotopic (exact) mass is 614 g/mol. The lowest BCUT2D eigenvalue weighted by Gasteiger charge is -2.43. The third-order valence-electron chi connectivity index (χ3n) is 9.52. The van der Waals surface area contributed by atoms with Gasteiger partial charge in [-0.05, 0) is 67.0 Å². The maximum atomic E-state index is 14.0. The third kappa shape index (κ3) is 3.95. The third-order valence-corrected chi connectivity index (χ3v) is 12.3. The predicted octanol–water partition coefficient (Wildman–Crippen LogP) is 6.66. The number of nitrogens with one attached hydrogen (secondary N) is 1. The van der Waals surface area contributed by atoms with Crippen molar-refractivity contribution in [1.82, 2.24) is 4.98 Å². The van der Waals surface area contributed by atoms with E-state index in [0.29, 0.717) is 17.3 Å². The first kappa shape index (κ1) is 26.3. The van der Waals surface area contributed by atoms with Crippen molar-refractivity contribution >= 4 is 52.2 Å². The molecule has 6 nitrogen and oxygen atoms in total. The number of thiazole rings is 1. The number of carbonyl (C=O) groups excluding carboxylic acids is 2. The van der Waals surface area contributed by atoms with Crippen LogP contribution in [0.3, 0.4) is 0 Å². The fourth-order valence-corrected chi connectivity index (χ4v) is 11.1. The van der Waals surface area contributed by atoms with Crippen LogP contribution < -0.4 is 14.5 Å². The van der Waals surface area contributed by atoms with Crippen LogP contribution in [0.5, 0.6) is 5.75 Å². The molecule has 1 saturated heterocycles. The van der Waals surface area contributed by atoms with Gasteiger partial charge in [-0.25, -0.2) is 0 Å². The first-order valence-electron chi connectivity index (χ1n) is 14.2. The highest BCUT2D eigenvalue weighted by Gasteiger charge is 2.69. The lowest BCUT2D eigenvalue weighted by molar-refractivity contribution is -0.123. The normalized spacial score (nSPS) is 29.0. The Morgan fingerprint density at radius 1 is 0.952 bits per heavy atom. The Bertz CT molecular complexity index is 1800. The fraction of sp³-hybridized carbons (Fsp3) is 0.303. The summed E-state index contributed by atoms with van der Waals surface area (Å²) in [5.74, 6) is -0.201. The van der Waals surface area contributed by atoms with Gasteiger partial charge in [-0.15, -0.1) is 11.8 Å². The second-order valence-electron chi connectivity index (χ2n) is 11.8. The average Bonchev–Trinajstić information content (AvgIpc) is 3.71. The van der Waals surface area contributed by atoms with Crippen molar-refractivity contribution in [3.05, 3.63) is 109 Å². The molecular weight excluding hydrogens is 588 g/mol. The van der Waals surface area contributed by atoms with Gasteiger partial charge < -0.3 is 9.72 Å². The molecule has 2 aliphatic carbocycles. The molecule has 3 aromatic carbocycles. The summed E-state index contributed by atoms with van der Waals surface area (Å²) >= 11 is 9.53. The molecule has 9 heteroatoms. The van der Waals surface area contributed by atoms with Gasteiger partial charge in [0.2, 0.25) is 11.8 Å². The van der Waals surface area contributed by atoms with Gasteiger partial charge in [-0.1, -0.05) is 71.0 Å². The Morgan fingerprint density at radius 3 is 2.52 bits per heavy atom. The lowest BCUT2D eigenvalue weighted by Crippen LogP contribution is -2.42. The van der Waals surface area contributed by atoms with Gasteiger partial charge in [0.1, 0.15) is 12.4 Å². The summed E-state index contributed by atoms with van der Waals surface area (Å²) in [6.07, 6.45) is 0.827. The van der Waals surface area contributed by atoms with E-state index in [0.717, 1.165) is 38.8 Å². The summed E-state index contributed by atoms with van der Waals surface area (Å²) in [5, 5.41) is 1.55. The number of benzene rings is 3. The molecule has 3 fully saturated rings. The topological polar surface area (TPSA) is 79.5 Å². The molecule has 7 atom stereocenters. The number of H-pyrrole nitrogens is 1. The Balaban J connectivity index is 1.21. The number of thioether (sulfide) groups is 1. The number of fused-ring (bicyclic) bond motifs is 9. The molecule has 2 aliphatic heterocycles.